The maximum absolute atomic E-state index is 12.7. The summed E-state index contributed by atoms with van der Waals surface area (Å²) in [4.78, 5) is 5.05. The fraction of sp³-hybridized carbons (Fsp3) is 0.133. The maximum Gasteiger partial charge on any atom is 0.264 e. The molecule has 5 heteroatoms. The van der Waals surface area contributed by atoms with Crippen LogP contribution in [0.3, 0.4) is 0 Å². The van der Waals surface area contributed by atoms with Gasteiger partial charge in [0.25, 0.3) is 6.43 Å². The molecule has 0 aliphatic rings. The zero-order valence-corrected chi connectivity index (χ0v) is 11.2. The fourth-order valence-electron chi connectivity index (χ4n) is 1.67. The van der Waals surface area contributed by atoms with Crippen LogP contribution in [0.1, 0.15) is 23.1 Å². The predicted molar refractivity (Wildman–Crippen MR) is 75.2 cm³/mol. The topological polar surface area (TPSA) is 21.6 Å². The number of halogens is 3. The lowest BCUT2D eigenvalue weighted by Gasteiger charge is -2.06. The van der Waals surface area contributed by atoms with Crippen LogP contribution in [0, 0.1) is 0 Å². The van der Waals surface area contributed by atoms with Crippen molar-refractivity contribution in [2.75, 3.05) is 0 Å². The Morgan fingerprint density at radius 3 is 2.70 bits per heavy atom. The highest BCUT2D eigenvalue weighted by Crippen LogP contribution is 2.23. The molecule has 0 aromatic heterocycles. The highest BCUT2D eigenvalue weighted by molar-refractivity contribution is 6.30. The van der Waals surface area contributed by atoms with Crippen molar-refractivity contribution >= 4 is 17.8 Å². The van der Waals surface area contributed by atoms with Gasteiger partial charge >= 0.3 is 0 Å². The first-order valence-corrected chi connectivity index (χ1v) is 6.31. The minimum absolute atomic E-state index is 0.00240. The van der Waals surface area contributed by atoms with Gasteiger partial charge in [-0.2, -0.15) is 0 Å². The van der Waals surface area contributed by atoms with E-state index in [-0.39, 0.29) is 12.2 Å². The summed E-state index contributed by atoms with van der Waals surface area (Å²) in [6.45, 7) is -0.00240. The van der Waals surface area contributed by atoms with E-state index in [1.54, 1.807) is 36.4 Å². The van der Waals surface area contributed by atoms with Gasteiger partial charge in [0.05, 0.1) is 6.21 Å². The summed E-state index contributed by atoms with van der Waals surface area (Å²) in [5, 5.41) is 4.34. The van der Waals surface area contributed by atoms with E-state index in [0.717, 1.165) is 5.56 Å². The molecule has 0 spiro atoms. The van der Waals surface area contributed by atoms with Crippen molar-refractivity contribution in [3.63, 3.8) is 0 Å². The molecule has 0 radical (unpaired) electrons. The second-order valence-corrected chi connectivity index (χ2v) is 4.50. The van der Waals surface area contributed by atoms with Gasteiger partial charge in [0.2, 0.25) is 0 Å². The van der Waals surface area contributed by atoms with E-state index in [9.17, 15) is 8.78 Å². The molecule has 0 saturated heterocycles. The molecule has 0 bridgehead atoms. The van der Waals surface area contributed by atoms with Crippen molar-refractivity contribution in [3.05, 3.63) is 70.2 Å². The monoisotopic (exact) mass is 295 g/mol. The molecule has 0 aliphatic carbocycles. The van der Waals surface area contributed by atoms with Crippen molar-refractivity contribution < 1.29 is 13.6 Å². The number of nitrogens with zero attached hydrogens (tertiary/aromatic N) is 1. The van der Waals surface area contributed by atoms with Crippen molar-refractivity contribution in [2.45, 2.75) is 13.0 Å². The van der Waals surface area contributed by atoms with Crippen LogP contribution in [0.25, 0.3) is 0 Å². The Labute approximate surface area is 120 Å². The molecule has 2 rings (SSSR count). The van der Waals surface area contributed by atoms with Gasteiger partial charge in [-0.25, -0.2) is 8.78 Å². The van der Waals surface area contributed by atoms with Crippen molar-refractivity contribution in [3.8, 4) is 0 Å². The van der Waals surface area contributed by atoms with E-state index >= 15 is 0 Å². The molecule has 2 aromatic rings. The Balaban J connectivity index is 1.96. The third-order valence-electron chi connectivity index (χ3n) is 2.64. The minimum Gasteiger partial charge on any atom is -0.391 e. The highest BCUT2D eigenvalue weighted by Gasteiger charge is 2.11. The van der Waals surface area contributed by atoms with Gasteiger partial charge in [-0.1, -0.05) is 53.2 Å². The SMILES string of the molecule is FC(F)c1ccccc1CON=Cc1cccc(Cl)c1. The Kier molecular flexibility index (Phi) is 5.07. The first-order valence-electron chi connectivity index (χ1n) is 5.93. The molecule has 20 heavy (non-hydrogen) atoms. The number of benzene rings is 2. The van der Waals surface area contributed by atoms with E-state index < -0.39 is 6.43 Å². The standard InChI is InChI=1S/C15H12ClF2NO/c16-13-6-3-4-11(8-13)9-19-20-10-12-5-1-2-7-14(12)15(17)18/h1-9,15H,10H2. The summed E-state index contributed by atoms with van der Waals surface area (Å²) < 4.78 is 25.5. The molecule has 0 atom stereocenters. The van der Waals surface area contributed by atoms with Crippen molar-refractivity contribution in [2.24, 2.45) is 5.16 Å². The van der Waals surface area contributed by atoms with E-state index in [1.165, 1.54) is 12.3 Å². The molecular weight excluding hydrogens is 284 g/mol. The maximum atomic E-state index is 12.7. The summed E-state index contributed by atoms with van der Waals surface area (Å²) in [7, 11) is 0. The van der Waals surface area contributed by atoms with Gasteiger partial charge in [0.15, 0.2) is 0 Å². The zero-order valence-electron chi connectivity index (χ0n) is 10.5. The molecule has 0 saturated carbocycles. The molecule has 104 valence electrons. The van der Waals surface area contributed by atoms with E-state index in [2.05, 4.69) is 5.16 Å². The molecule has 0 amide bonds. The zero-order chi connectivity index (χ0) is 14.4. The second kappa shape index (κ2) is 7.01. The molecule has 2 aromatic carbocycles. The first-order chi connectivity index (χ1) is 9.66. The van der Waals surface area contributed by atoms with Gasteiger partial charge < -0.3 is 4.84 Å². The number of hydrogen-bond donors (Lipinski definition) is 0. The molecule has 0 fully saturated rings. The van der Waals surface area contributed by atoms with Crippen LogP contribution in [0.2, 0.25) is 5.02 Å². The average molecular weight is 296 g/mol. The van der Waals surface area contributed by atoms with Crippen molar-refractivity contribution in [1.29, 1.82) is 0 Å². The van der Waals surface area contributed by atoms with Crippen LogP contribution in [0.4, 0.5) is 8.78 Å². The smallest absolute Gasteiger partial charge is 0.264 e. The highest BCUT2D eigenvalue weighted by atomic mass is 35.5. The summed E-state index contributed by atoms with van der Waals surface area (Å²) in [5.41, 5.74) is 1.16. The lowest BCUT2D eigenvalue weighted by Crippen LogP contribution is -1.95. The average Bonchev–Trinajstić information content (AvgIpc) is 2.44. The number of oxime groups is 1. The Hall–Kier alpha value is -1.94. The summed E-state index contributed by atoms with van der Waals surface area (Å²) in [5.74, 6) is 0. The predicted octanol–water partition coefficient (Wildman–Crippen LogP) is 4.83. The second-order valence-electron chi connectivity index (χ2n) is 4.06. The van der Waals surface area contributed by atoms with E-state index in [1.807, 2.05) is 6.07 Å². The van der Waals surface area contributed by atoms with Crippen LogP contribution < -0.4 is 0 Å². The van der Waals surface area contributed by atoms with Crippen LogP contribution >= 0.6 is 11.6 Å². The normalized spacial score (nSPS) is 11.2. The minimum atomic E-state index is -2.52. The van der Waals surface area contributed by atoms with Crippen LogP contribution in [0.15, 0.2) is 53.7 Å². The quantitative estimate of drug-likeness (QED) is 0.572. The third kappa shape index (κ3) is 4.03. The molecular formula is C15H12ClF2NO. The summed E-state index contributed by atoms with van der Waals surface area (Å²) >= 11 is 5.82. The van der Waals surface area contributed by atoms with Crippen LogP contribution in [0.5, 0.6) is 0 Å². The Bertz CT molecular complexity index is 602. The molecule has 0 heterocycles. The van der Waals surface area contributed by atoms with Gasteiger partial charge in [0.1, 0.15) is 6.61 Å². The fourth-order valence-corrected chi connectivity index (χ4v) is 1.87. The molecule has 0 N–H and O–H groups in total. The van der Waals surface area contributed by atoms with E-state index in [4.69, 9.17) is 16.4 Å². The molecule has 0 aliphatic heterocycles. The summed E-state index contributed by atoms with van der Waals surface area (Å²) in [6, 6.07) is 13.3. The van der Waals surface area contributed by atoms with Gasteiger partial charge in [0, 0.05) is 16.1 Å². The largest absolute Gasteiger partial charge is 0.391 e. The number of hydrogen-bond acceptors (Lipinski definition) is 2. The number of rotatable bonds is 5. The number of alkyl halides is 2. The molecule has 0 unspecified atom stereocenters. The Morgan fingerprint density at radius 1 is 1.15 bits per heavy atom. The first kappa shape index (κ1) is 14.5. The van der Waals surface area contributed by atoms with Crippen LogP contribution in [-0.2, 0) is 11.4 Å². The lowest BCUT2D eigenvalue weighted by atomic mass is 10.1. The van der Waals surface area contributed by atoms with E-state index in [0.29, 0.717) is 10.6 Å². The Morgan fingerprint density at radius 2 is 1.95 bits per heavy atom. The van der Waals surface area contributed by atoms with Crippen molar-refractivity contribution in [1.82, 2.24) is 0 Å². The summed E-state index contributed by atoms with van der Waals surface area (Å²) in [6.07, 6.45) is -1.04. The van der Waals surface area contributed by atoms with Crippen LogP contribution in [-0.4, -0.2) is 6.21 Å². The molecule has 2 nitrogen and oxygen atoms in total. The van der Waals surface area contributed by atoms with Gasteiger partial charge in [-0.15, -0.1) is 0 Å². The van der Waals surface area contributed by atoms with Gasteiger partial charge in [-0.05, 0) is 17.7 Å². The van der Waals surface area contributed by atoms with Gasteiger partial charge in [-0.3, -0.25) is 0 Å². The lowest BCUT2D eigenvalue weighted by molar-refractivity contribution is 0.120. The third-order valence-corrected chi connectivity index (χ3v) is 2.87.